The average Bonchev–Trinajstić information content (AvgIpc) is 2.58. The van der Waals surface area contributed by atoms with Crippen LogP contribution in [0.3, 0.4) is 0 Å². The highest BCUT2D eigenvalue weighted by molar-refractivity contribution is 5.94. The first-order chi connectivity index (χ1) is 11.9. The van der Waals surface area contributed by atoms with E-state index in [2.05, 4.69) is 11.4 Å². The molecule has 25 heavy (non-hydrogen) atoms. The van der Waals surface area contributed by atoms with E-state index in [0.29, 0.717) is 23.6 Å². The van der Waals surface area contributed by atoms with Crippen LogP contribution in [0.4, 0.5) is 0 Å². The van der Waals surface area contributed by atoms with Crippen molar-refractivity contribution in [2.45, 2.75) is 20.4 Å². The molecule has 2 aromatic carbocycles. The van der Waals surface area contributed by atoms with Crippen LogP contribution in [0.1, 0.15) is 27.0 Å². The molecule has 132 valence electrons. The average molecular weight is 342 g/mol. The van der Waals surface area contributed by atoms with Crippen LogP contribution >= 0.6 is 0 Å². The van der Waals surface area contributed by atoms with Crippen LogP contribution in [-0.2, 0) is 11.3 Å². The summed E-state index contributed by atoms with van der Waals surface area (Å²) in [7, 11) is 1.46. The Labute approximate surface area is 146 Å². The van der Waals surface area contributed by atoms with Crippen molar-refractivity contribution >= 4 is 11.8 Å². The van der Waals surface area contributed by atoms with Crippen molar-refractivity contribution in [1.29, 1.82) is 0 Å². The first kappa shape index (κ1) is 18.3. The number of aryl methyl sites for hydroxylation is 2. The molecule has 0 bridgehead atoms. The van der Waals surface area contributed by atoms with E-state index in [0.717, 1.165) is 11.1 Å². The first-order valence-electron chi connectivity index (χ1n) is 7.84. The van der Waals surface area contributed by atoms with Gasteiger partial charge in [-0.25, -0.2) is 0 Å². The Morgan fingerprint density at radius 1 is 1.08 bits per heavy atom. The van der Waals surface area contributed by atoms with Gasteiger partial charge in [-0.1, -0.05) is 23.8 Å². The third-order valence-electron chi connectivity index (χ3n) is 3.73. The van der Waals surface area contributed by atoms with Gasteiger partial charge in [0.2, 0.25) is 0 Å². The molecule has 0 fully saturated rings. The molecular weight excluding hydrogens is 320 g/mol. The fourth-order valence-electron chi connectivity index (χ4n) is 2.40. The summed E-state index contributed by atoms with van der Waals surface area (Å²) in [6.45, 7) is 4.23. The zero-order chi connectivity index (χ0) is 18.4. The van der Waals surface area contributed by atoms with Gasteiger partial charge in [0.15, 0.2) is 18.1 Å². The van der Waals surface area contributed by atoms with Gasteiger partial charge in [-0.05, 0) is 43.2 Å². The lowest BCUT2D eigenvalue weighted by Crippen LogP contribution is -2.23. The SMILES string of the molecule is COc1cc(C(=O)NCc2ccc(C)cc2C)ccc1OCC(N)=O. The Hall–Kier alpha value is -3.02. The van der Waals surface area contributed by atoms with Gasteiger partial charge in [-0.2, -0.15) is 0 Å². The number of benzene rings is 2. The van der Waals surface area contributed by atoms with E-state index < -0.39 is 5.91 Å². The van der Waals surface area contributed by atoms with Crippen molar-refractivity contribution in [2.24, 2.45) is 5.73 Å². The molecule has 0 aromatic heterocycles. The minimum Gasteiger partial charge on any atom is -0.493 e. The topological polar surface area (TPSA) is 90.7 Å². The third kappa shape index (κ3) is 4.97. The Bertz CT molecular complexity index is 787. The van der Waals surface area contributed by atoms with Crippen molar-refractivity contribution in [3.63, 3.8) is 0 Å². The molecule has 0 aliphatic rings. The standard InChI is InChI=1S/C19H22N2O4/c1-12-4-5-15(13(2)8-12)10-21-19(23)14-6-7-16(17(9-14)24-3)25-11-18(20)22/h4-9H,10-11H2,1-3H3,(H2,20,22)(H,21,23). The van der Waals surface area contributed by atoms with Crippen LogP contribution in [0.5, 0.6) is 11.5 Å². The van der Waals surface area contributed by atoms with Gasteiger partial charge < -0.3 is 20.5 Å². The van der Waals surface area contributed by atoms with Gasteiger partial charge in [-0.3, -0.25) is 9.59 Å². The minimum absolute atomic E-state index is 0.222. The number of carbonyl (C=O) groups is 2. The van der Waals surface area contributed by atoms with Crippen LogP contribution < -0.4 is 20.5 Å². The molecule has 0 aliphatic heterocycles. The number of nitrogens with two attached hydrogens (primary N) is 1. The number of methoxy groups -OCH3 is 1. The van der Waals surface area contributed by atoms with Gasteiger partial charge in [0.1, 0.15) is 0 Å². The molecular formula is C19H22N2O4. The maximum atomic E-state index is 12.4. The van der Waals surface area contributed by atoms with E-state index >= 15 is 0 Å². The number of amides is 2. The Morgan fingerprint density at radius 2 is 1.84 bits per heavy atom. The molecule has 0 atom stereocenters. The molecule has 0 radical (unpaired) electrons. The minimum atomic E-state index is -0.586. The number of hydrogen-bond donors (Lipinski definition) is 2. The van der Waals surface area contributed by atoms with E-state index in [1.165, 1.54) is 12.7 Å². The number of carbonyl (C=O) groups excluding carboxylic acids is 2. The van der Waals surface area contributed by atoms with Crippen LogP contribution in [0.15, 0.2) is 36.4 Å². The second-order valence-corrected chi connectivity index (χ2v) is 5.73. The van der Waals surface area contributed by atoms with Crippen molar-refractivity contribution in [2.75, 3.05) is 13.7 Å². The van der Waals surface area contributed by atoms with E-state index in [-0.39, 0.29) is 12.5 Å². The van der Waals surface area contributed by atoms with Crippen molar-refractivity contribution in [3.8, 4) is 11.5 Å². The Morgan fingerprint density at radius 3 is 2.48 bits per heavy atom. The highest BCUT2D eigenvalue weighted by Crippen LogP contribution is 2.28. The highest BCUT2D eigenvalue weighted by Gasteiger charge is 2.12. The molecule has 6 nitrogen and oxygen atoms in total. The van der Waals surface area contributed by atoms with Gasteiger partial charge in [0.05, 0.1) is 7.11 Å². The first-order valence-corrected chi connectivity index (χ1v) is 7.84. The van der Waals surface area contributed by atoms with Crippen LogP contribution in [-0.4, -0.2) is 25.5 Å². The maximum Gasteiger partial charge on any atom is 0.255 e. The number of rotatable bonds is 7. The molecule has 2 rings (SSSR count). The van der Waals surface area contributed by atoms with Crippen molar-refractivity contribution in [1.82, 2.24) is 5.32 Å². The fraction of sp³-hybridized carbons (Fsp3) is 0.263. The third-order valence-corrected chi connectivity index (χ3v) is 3.73. The highest BCUT2D eigenvalue weighted by atomic mass is 16.5. The molecule has 0 spiro atoms. The summed E-state index contributed by atoms with van der Waals surface area (Å²) in [6, 6.07) is 10.8. The van der Waals surface area contributed by atoms with Gasteiger partial charge in [0.25, 0.3) is 11.8 Å². The lowest BCUT2D eigenvalue weighted by atomic mass is 10.1. The summed E-state index contributed by atoms with van der Waals surface area (Å²) >= 11 is 0. The van der Waals surface area contributed by atoms with Gasteiger partial charge >= 0.3 is 0 Å². The Balaban J connectivity index is 2.07. The normalized spacial score (nSPS) is 10.2. The summed E-state index contributed by atoms with van der Waals surface area (Å²) in [5.41, 5.74) is 8.87. The predicted octanol–water partition coefficient (Wildman–Crippen LogP) is 2.11. The zero-order valence-corrected chi connectivity index (χ0v) is 14.6. The fourth-order valence-corrected chi connectivity index (χ4v) is 2.40. The zero-order valence-electron chi connectivity index (χ0n) is 14.6. The summed E-state index contributed by atoms with van der Waals surface area (Å²) in [5.74, 6) is -0.0929. The number of hydrogen-bond acceptors (Lipinski definition) is 4. The van der Waals surface area contributed by atoms with E-state index in [1.807, 2.05) is 26.0 Å². The molecule has 3 N–H and O–H groups in total. The summed E-state index contributed by atoms with van der Waals surface area (Å²) < 4.78 is 10.5. The molecule has 0 saturated carbocycles. The van der Waals surface area contributed by atoms with Gasteiger partial charge in [-0.15, -0.1) is 0 Å². The smallest absolute Gasteiger partial charge is 0.255 e. The van der Waals surface area contributed by atoms with E-state index in [4.69, 9.17) is 15.2 Å². The predicted molar refractivity (Wildman–Crippen MR) is 94.8 cm³/mol. The number of nitrogens with one attached hydrogen (secondary N) is 1. The number of primary amides is 1. The van der Waals surface area contributed by atoms with Crippen molar-refractivity contribution < 1.29 is 19.1 Å². The van der Waals surface area contributed by atoms with Gasteiger partial charge in [0, 0.05) is 12.1 Å². The summed E-state index contributed by atoms with van der Waals surface area (Å²) in [6.07, 6.45) is 0. The van der Waals surface area contributed by atoms with E-state index in [9.17, 15) is 9.59 Å². The number of ether oxygens (including phenoxy) is 2. The second kappa shape index (κ2) is 8.19. The quantitative estimate of drug-likeness (QED) is 0.806. The lowest BCUT2D eigenvalue weighted by molar-refractivity contribution is -0.119. The van der Waals surface area contributed by atoms with E-state index in [1.54, 1.807) is 18.2 Å². The van der Waals surface area contributed by atoms with Crippen molar-refractivity contribution in [3.05, 3.63) is 58.7 Å². The maximum absolute atomic E-state index is 12.4. The molecule has 0 unspecified atom stereocenters. The summed E-state index contributed by atoms with van der Waals surface area (Å²) in [5, 5.41) is 2.89. The van der Waals surface area contributed by atoms with Crippen LogP contribution in [0, 0.1) is 13.8 Å². The van der Waals surface area contributed by atoms with Crippen LogP contribution in [0.25, 0.3) is 0 Å². The molecule has 0 aliphatic carbocycles. The second-order valence-electron chi connectivity index (χ2n) is 5.73. The molecule has 0 heterocycles. The molecule has 0 saturated heterocycles. The molecule has 2 amide bonds. The molecule has 6 heteroatoms. The van der Waals surface area contributed by atoms with Crippen LogP contribution in [0.2, 0.25) is 0 Å². The summed E-state index contributed by atoms with van der Waals surface area (Å²) in [4.78, 5) is 23.2. The Kier molecular flexibility index (Phi) is 6.00. The largest absolute Gasteiger partial charge is 0.493 e. The monoisotopic (exact) mass is 342 g/mol. The lowest BCUT2D eigenvalue weighted by Gasteiger charge is -2.12. The molecule has 2 aromatic rings.